The van der Waals surface area contributed by atoms with Gasteiger partial charge in [0.1, 0.15) is 24.3 Å². The van der Waals surface area contributed by atoms with E-state index in [2.05, 4.69) is 22.9 Å². The summed E-state index contributed by atoms with van der Waals surface area (Å²) in [6, 6.07) is 0. The van der Waals surface area contributed by atoms with Crippen LogP contribution in [0.4, 0.5) is 0 Å². The lowest BCUT2D eigenvalue weighted by Crippen LogP contribution is -2.69. The van der Waals surface area contributed by atoms with Gasteiger partial charge < -0.3 is 24.5 Å². The van der Waals surface area contributed by atoms with E-state index in [1.165, 1.54) is 0 Å². The molecule has 0 saturated heterocycles. The number of hydrogen-bond acceptors (Lipinski definition) is 7. The summed E-state index contributed by atoms with van der Waals surface area (Å²) < 4.78 is 10.7. The van der Waals surface area contributed by atoms with E-state index >= 15 is 0 Å². The summed E-state index contributed by atoms with van der Waals surface area (Å²) in [5, 5.41) is 24.1. The highest BCUT2D eigenvalue weighted by Gasteiger charge is 2.71. The van der Waals surface area contributed by atoms with Gasteiger partial charge in [-0.3, -0.25) is 4.79 Å². The number of rotatable bonds is 4. The molecule has 8 atom stereocenters. The molecule has 0 spiro atoms. The molecule has 0 aromatic carbocycles. The van der Waals surface area contributed by atoms with Crippen molar-refractivity contribution in [2.75, 3.05) is 11.9 Å². The summed E-state index contributed by atoms with van der Waals surface area (Å²) in [4.78, 5) is 36.2. The van der Waals surface area contributed by atoms with Gasteiger partial charge >= 0.3 is 11.9 Å². The monoisotopic (exact) mass is 524 g/mol. The molecule has 1 aliphatic heterocycles. The van der Waals surface area contributed by atoms with Crippen LogP contribution in [0.15, 0.2) is 11.6 Å². The van der Waals surface area contributed by atoms with Gasteiger partial charge in [-0.15, -0.1) is 0 Å². The number of ether oxygens (including phenoxy) is 2. The minimum absolute atomic E-state index is 0.0855. The molecule has 0 bridgehead atoms. The van der Waals surface area contributed by atoms with E-state index in [0.29, 0.717) is 38.7 Å². The molecule has 0 radical (unpaired) electrons. The van der Waals surface area contributed by atoms with Crippen LogP contribution < -0.4 is 0 Å². The zero-order valence-electron chi connectivity index (χ0n) is 19.1. The average Bonchev–Trinajstić information content (AvgIpc) is 3.33. The van der Waals surface area contributed by atoms with Gasteiger partial charge in [0, 0.05) is 17.9 Å². The largest absolute Gasteiger partial charge is 0.462 e. The second kappa shape index (κ2) is 7.89. The van der Waals surface area contributed by atoms with E-state index in [1.807, 2.05) is 0 Å². The molecule has 5 aliphatic rings. The summed E-state index contributed by atoms with van der Waals surface area (Å²) in [6.45, 7) is 2.44. The quantitative estimate of drug-likeness (QED) is 0.330. The van der Waals surface area contributed by atoms with E-state index in [1.54, 1.807) is 6.08 Å². The lowest BCUT2D eigenvalue weighted by molar-refractivity contribution is -0.249. The number of aldehydes is 1. The van der Waals surface area contributed by atoms with Crippen molar-refractivity contribution in [2.24, 2.45) is 28.6 Å². The fourth-order valence-corrected chi connectivity index (χ4v) is 8.77. The van der Waals surface area contributed by atoms with Crippen molar-refractivity contribution in [3.8, 4) is 0 Å². The van der Waals surface area contributed by atoms with Gasteiger partial charge in [0.25, 0.3) is 0 Å². The van der Waals surface area contributed by atoms with Crippen LogP contribution in [0.25, 0.3) is 0 Å². The number of aliphatic hydroxyl groups is 2. The maximum atomic E-state index is 12.7. The van der Waals surface area contributed by atoms with Crippen LogP contribution >= 0.6 is 15.9 Å². The molecule has 5 rings (SSSR count). The molecule has 4 aliphatic carbocycles. The highest BCUT2D eigenvalue weighted by atomic mass is 79.9. The number of carbonyl (C=O) groups is 3. The summed E-state index contributed by atoms with van der Waals surface area (Å²) >= 11 is 3.11. The summed E-state index contributed by atoms with van der Waals surface area (Å²) in [5.41, 5.74) is -2.54. The van der Waals surface area contributed by atoms with Crippen LogP contribution in [-0.4, -0.2) is 57.7 Å². The summed E-state index contributed by atoms with van der Waals surface area (Å²) in [5.74, 6) is -0.792. The highest BCUT2D eigenvalue weighted by molar-refractivity contribution is 9.09. The van der Waals surface area contributed by atoms with Crippen LogP contribution in [0.1, 0.15) is 64.7 Å². The topological polar surface area (TPSA) is 110 Å². The molecule has 0 aromatic heterocycles. The molecule has 0 aromatic rings. The Hall–Kier alpha value is -1.25. The number of cyclic esters (lactones) is 1. The van der Waals surface area contributed by atoms with Gasteiger partial charge in [-0.05, 0) is 74.7 Å². The fraction of sp³-hybridized carbons (Fsp3) is 0.800. The van der Waals surface area contributed by atoms with Gasteiger partial charge in [-0.25, -0.2) is 4.79 Å². The van der Waals surface area contributed by atoms with Gasteiger partial charge in [0.05, 0.1) is 16.6 Å². The summed E-state index contributed by atoms with van der Waals surface area (Å²) in [6.07, 6.45) is 7.33. The first-order valence-corrected chi connectivity index (χ1v) is 13.3. The Morgan fingerprint density at radius 1 is 1.18 bits per heavy atom. The van der Waals surface area contributed by atoms with Crippen molar-refractivity contribution in [3.05, 3.63) is 11.6 Å². The zero-order valence-corrected chi connectivity index (χ0v) is 20.6. The van der Waals surface area contributed by atoms with E-state index < -0.39 is 28.1 Å². The predicted octanol–water partition coefficient (Wildman–Crippen LogP) is 2.84. The normalized spacial score (nSPS) is 48.7. The van der Waals surface area contributed by atoms with Crippen LogP contribution in [-0.2, 0) is 23.9 Å². The number of carbonyl (C=O) groups excluding carboxylic acids is 3. The fourth-order valence-electron chi connectivity index (χ4n) is 8.64. The lowest BCUT2D eigenvalue weighted by atomic mass is 9.41. The Balaban J connectivity index is 1.44. The number of fused-ring (bicyclic) bond motifs is 5. The third-order valence-corrected chi connectivity index (χ3v) is 10.7. The predicted molar refractivity (Wildman–Crippen MR) is 121 cm³/mol. The Labute approximate surface area is 202 Å². The van der Waals surface area contributed by atoms with Gasteiger partial charge in [-0.1, -0.05) is 22.9 Å². The van der Waals surface area contributed by atoms with Crippen LogP contribution in [0.2, 0.25) is 0 Å². The molecule has 182 valence electrons. The second-order valence-electron chi connectivity index (χ2n) is 11.2. The molecule has 7 nitrogen and oxygen atoms in total. The van der Waals surface area contributed by atoms with Gasteiger partial charge in [0.15, 0.2) is 0 Å². The molecule has 8 heteroatoms. The van der Waals surface area contributed by atoms with Crippen molar-refractivity contribution < 1.29 is 34.1 Å². The van der Waals surface area contributed by atoms with Crippen molar-refractivity contribution in [1.82, 2.24) is 0 Å². The Morgan fingerprint density at radius 2 is 1.94 bits per heavy atom. The first kappa shape index (κ1) is 23.5. The molecular weight excluding hydrogens is 492 g/mol. The zero-order chi connectivity index (χ0) is 23.6. The minimum atomic E-state index is -1.23. The minimum Gasteiger partial charge on any atom is -0.462 e. The standard InChI is InChI=1S/C25H33BrO7/c1-22-6-3-18-19(25(22,31)9-5-17(22)15-10-20(28)32-13-15)4-8-24(30)11-16(33-21(29)12-26)2-7-23(18,24)14-27/h10,14,16-19,30-31H,2-9,11-13H2,1H3/t16-,17+,18-,19+,22+,23+,24-,25+/m1/s1. The maximum Gasteiger partial charge on any atom is 0.331 e. The van der Waals surface area contributed by atoms with Crippen molar-refractivity contribution in [1.29, 1.82) is 0 Å². The Morgan fingerprint density at radius 3 is 2.61 bits per heavy atom. The number of esters is 2. The molecule has 4 fully saturated rings. The van der Waals surface area contributed by atoms with Gasteiger partial charge in [0.2, 0.25) is 0 Å². The molecule has 1 heterocycles. The second-order valence-corrected chi connectivity index (χ2v) is 11.8. The molecular formula is C25H33BrO7. The molecule has 2 N–H and O–H groups in total. The third kappa shape index (κ3) is 3.16. The smallest absolute Gasteiger partial charge is 0.331 e. The molecule has 33 heavy (non-hydrogen) atoms. The van der Waals surface area contributed by atoms with Crippen molar-refractivity contribution in [2.45, 2.75) is 82.0 Å². The SMILES string of the molecule is C[C@@]12CC[C@@H]3[C@H](CC[C@@]4(O)C[C@H](OC(=O)CBr)CC[C@]34C=O)[C@@]1(O)CC[C@H]2C1=CC(=O)OC1. The van der Waals surface area contributed by atoms with Crippen LogP contribution in [0.3, 0.4) is 0 Å². The highest BCUT2D eigenvalue weighted by Crippen LogP contribution is 2.70. The maximum absolute atomic E-state index is 12.7. The average molecular weight is 525 g/mol. The van der Waals surface area contributed by atoms with E-state index in [4.69, 9.17) is 9.47 Å². The van der Waals surface area contributed by atoms with Crippen LogP contribution in [0.5, 0.6) is 0 Å². The van der Waals surface area contributed by atoms with Crippen LogP contribution in [0, 0.1) is 28.6 Å². The number of halogens is 1. The van der Waals surface area contributed by atoms with Gasteiger partial charge in [-0.2, -0.15) is 0 Å². The number of alkyl halides is 1. The molecule has 4 saturated carbocycles. The van der Waals surface area contributed by atoms with E-state index in [0.717, 1.165) is 31.1 Å². The number of hydrogen-bond donors (Lipinski definition) is 2. The molecule has 0 unspecified atom stereocenters. The molecule has 0 amide bonds. The Bertz CT molecular complexity index is 903. The van der Waals surface area contributed by atoms with Crippen molar-refractivity contribution in [3.63, 3.8) is 0 Å². The Kier molecular flexibility index (Phi) is 5.61. The van der Waals surface area contributed by atoms with E-state index in [9.17, 15) is 24.6 Å². The first-order valence-electron chi connectivity index (χ1n) is 12.2. The van der Waals surface area contributed by atoms with E-state index in [-0.39, 0.29) is 41.4 Å². The van der Waals surface area contributed by atoms with Crippen molar-refractivity contribution >= 4 is 34.2 Å². The summed E-state index contributed by atoms with van der Waals surface area (Å²) in [7, 11) is 0. The lowest BCUT2D eigenvalue weighted by Gasteiger charge is -2.65. The first-order chi connectivity index (χ1) is 15.6. The third-order valence-electron chi connectivity index (χ3n) is 10.2.